The zero-order valence-electron chi connectivity index (χ0n) is 18.4. The zero-order chi connectivity index (χ0) is 20.7. The third kappa shape index (κ3) is 8.28. The molecule has 29 heavy (non-hydrogen) atoms. The highest BCUT2D eigenvalue weighted by atomic mass is 127. The summed E-state index contributed by atoms with van der Waals surface area (Å²) in [6.07, 6.45) is 1.38. The van der Waals surface area contributed by atoms with Crippen molar-refractivity contribution >= 4 is 36.0 Å². The third-order valence-corrected chi connectivity index (χ3v) is 4.59. The number of likely N-dealkylation sites (tertiary alicyclic amines) is 1. The molecule has 1 aliphatic rings. The number of aliphatic imine (C=N–C) groups is 1. The summed E-state index contributed by atoms with van der Waals surface area (Å²) >= 11 is 0. The van der Waals surface area contributed by atoms with Gasteiger partial charge >= 0.3 is 6.09 Å². The van der Waals surface area contributed by atoms with Crippen LogP contribution in [0.3, 0.4) is 0 Å². The number of carbonyl (C=O) groups excluding carboxylic acids is 1. The van der Waals surface area contributed by atoms with Gasteiger partial charge in [-0.05, 0) is 57.7 Å². The Hall–Kier alpha value is -1.71. The molecule has 0 radical (unpaired) electrons. The van der Waals surface area contributed by atoms with E-state index in [1.54, 1.807) is 14.2 Å². The summed E-state index contributed by atoms with van der Waals surface area (Å²) in [5.74, 6) is 1.77. The molecule has 0 aromatic heterocycles. The van der Waals surface area contributed by atoms with Gasteiger partial charge in [-0.25, -0.2) is 4.79 Å². The maximum atomic E-state index is 12.0. The summed E-state index contributed by atoms with van der Waals surface area (Å²) in [5.41, 5.74) is 1.87. The van der Waals surface area contributed by atoms with Gasteiger partial charge in [0, 0.05) is 26.7 Å². The van der Waals surface area contributed by atoms with Crippen molar-refractivity contribution in [3.8, 4) is 5.75 Å². The van der Waals surface area contributed by atoms with Crippen LogP contribution in [0.25, 0.3) is 0 Å². The third-order valence-electron chi connectivity index (χ3n) is 4.59. The Labute approximate surface area is 191 Å². The molecular weight excluding hydrogens is 483 g/mol. The highest BCUT2D eigenvalue weighted by Crippen LogP contribution is 2.19. The van der Waals surface area contributed by atoms with Gasteiger partial charge in [-0.2, -0.15) is 0 Å². The van der Waals surface area contributed by atoms with Crippen LogP contribution in [0.15, 0.2) is 23.2 Å². The molecular formula is C21H35IN4O3. The SMILES string of the molecule is CN=C(NCCc1ccc(C)c(OC)c1)N1CCC(NC(=O)OC(C)(C)C)C1.I. The highest BCUT2D eigenvalue weighted by Gasteiger charge is 2.27. The van der Waals surface area contributed by atoms with E-state index < -0.39 is 5.60 Å². The van der Waals surface area contributed by atoms with Crippen LogP contribution in [-0.2, 0) is 11.2 Å². The molecule has 1 unspecified atom stereocenters. The van der Waals surface area contributed by atoms with Gasteiger partial charge in [-0.1, -0.05) is 12.1 Å². The largest absolute Gasteiger partial charge is 0.496 e. The molecule has 2 rings (SSSR count). The smallest absolute Gasteiger partial charge is 0.407 e. The van der Waals surface area contributed by atoms with Crippen LogP contribution in [0.5, 0.6) is 5.75 Å². The Bertz CT molecular complexity index is 704. The highest BCUT2D eigenvalue weighted by molar-refractivity contribution is 14.0. The van der Waals surface area contributed by atoms with Crippen molar-refractivity contribution in [2.45, 2.75) is 52.2 Å². The van der Waals surface area contributed by atoms with Crippen LogP contribution < -0.4 is 15.4 Å². The number of hydrogen-bond acceptors (Lipinski definition) is 4. The second kappa shape index (κ2) is 11.5. The van der Waals surface area contributed by atoms with Crippen molar-refractivity contribution in [1.29, 1.82) is 0 Å². The van der Waals surface area contributed by atoms with Gasteiger partial charge in [0.05, 0.1) is 13.2 Å². The number of alkyl carbamates (subject to hydrolysis) is 1. The fourth-order valence-electron chi connectivity index (χ4n) is 3.22. The number of nitrogens with one attached hydrogen (secondary N) is 2. The number of methoxy groups -OCH3 is 1. The Morgan fingerprint density at radius 3 is 2.69 bits per heavy atom. The molecule has 8 heteroatoms. The molecule has 1 fully saturated rings. The number of aryl methyl sites for hydroxylation is 1. The number of guanidine groups is 1. The lowest BCUT2D eigenvalue weighted by Gasteiger charge is -2.23. The van der Waals surface area contributed by atoms with Crippen molar-refractivity contribution in [2.24, 2.45) is 4.99 Å². The number of nitrogens with zero attached hydrogens (tertiary/aromatic N) is 2. The summed E-state index contributed by atoms with van der Waals surface area (Å²) in [5, 5.41) is 6.36. The number of halogens is 1. The van der Waals surface area contributed by atoms with Gasteiger partial charge in [-0.3, -0.25) is 4.99 Å². The van der Waals surface area contributed by atoms with E-state index in [-0.39, 0.29) is 36.1 Å². The lowest BCUT2D eigenvalue weighted by Crippen LogP contribution is -2.44. The van der Waals surface area contributed by atoms with E-state index in [1.807, 2.05) is 27.7 Å². The van der Waals surface area contributed by atoms with Crippen LogP contribution in [0.2, 0.25) is 0 Å². The maximum absolute atomic E-state index is 12.0. The summed E-state index contributed by atoms with van der Waals surface area (Å²) < 4.78 is 10.7. The van der Waals surface area contributed by atoms with E-state index in [0.717, 1.165) is 49.7 Å². The molecule has 0 saturated carbocycles. The molecule has 2 N–H and O–H groups in total. The van der Waals surface area contributed by atoms with Crippen molar-refractivity contribution in [1.82, 2.24) is 15.5 Å². The first-order valence-electron chi connectivity index (χ1n) is 9.80. The van der Waals surface area contributed by atoms with E-state index in [2.05, 4.69) is 38.7 Å². The molecule has 0 spiro atoms. The average Bonchev–Trinajstić information content (AvgIpc) is 3.06. The van der Waals surface area contributed by atoms with Gasteiger partial charge in [-0.15, -0.1) is 24.0 Å². The molecule has 1 aromatic carbocycles. The molecule has 1 saturated heterocycles. The second-order valence-corrected chi connectivity index (χ2v) is 8.11. The zero-order valence-corrected chi connectivity index (χ0v) is 20.7. The minimum absolute atomic E-state index is 0. The van der Waals surface area contributed by atoms with Gasteiger partial charge in [0.25, 0.3) is 0 Å². The lowest BCUT2D eigenvalue weighted by molar-refractivity contribution is 0.0507. The number of hydrogen-bond donors (Lipinski definition) is 2. The fourth-order valence-corrected chi connectivity index (χ4v) is 3.22. The van der Waals surface area contributed by atoms with Crippen molar-refractivity contribution in [2.75, 3.05) is 33.8 Å². The van der Waals surface area contributed by atoms with E-state index in [9.17, 15) is 4.79 Å². The van der Waals surface area contributed by atoms with Crippen molar-refractivity contribution in [3.05, 3.63) is 29.3 Å². The molecule has 0 bridgehead atoms. The van der Waals surface area contributed by atoms with Crippen molar-refractivity contribution < 1.29 is 14.3 Å². The number of amides is 1. The van der Waals surface area contributed by atoms with Gasteiger partial charge < -0.3 is 25.0 Å². The molecule has 1 amide bonds. The summed E-state index contributed by atoms with van der Waals surface area (Å²) in [6, 6.07) is 6.35. The first kappa shape index (κ1) is 25.3. The first-order chi connectivity index (χ1) is 13.2. The predicted octanol–water partition coefficient (Wildman–Crippen LogP) is 3.34. The Kier molecular flexibility index (Phi) is 10.0. The summed E-state index contributed by atoms with van der Waals surface area (Å²) in [4.78, 5) is 18.5. The molecule has 1 aliphatic heterocycles. The molecule has 1 atom stereocenters. The standard InChI is InChI=1S/C21H34N4O3.HI/c1-15-7-8-16(13-18(15)27-6)9-11-23-19(22-5)25-12-10-17(14-25)24-20(26)28-21(2,3)4;/h7-8,13,17H,9-12,14H2,1-6H3,(H,22,23)(H,24,26);1H. The minimum atomic E-state index is -0.487. The van der Waals surface area contributed by atoms with Crippen LogP contribution in [0.4, 0.5) is 4.79 Å². The molecule has 1 heterocycles. The number of carbonyl (C=O) groups is 1. The normalized spacial score (nSPS) is 16.8. The second-order valence-electron chi connectivity index (χ2n) is 8.11. The molecule has 1 aromatic rings. The van der Waals surface area contributed by atoms with Crippen LogP contribution in [0, 0.1) is 6.92 Å². The Balaban J connectivity index is 0.00000420. The van der Waals surface area contributed by atoms with E-state index in [1.165, 1.54) is 5.56 Å². The van der Waals surface area contributed by atoms with E-state index >= 15 is 0 Å². The van der Waals surface area contributed by atoms with E-state index in [0.29, 0.717) is 0 Å². The minimum Gasteiger partial charge on any atom is -0.496 e. The average molecular weight is 518 g/mol. The summed E-state index contributed by atoms with van der Waals surface area (Å²) in [7, 11) is 3.48. The monoisotopic (exact) mass is 518 g/mol. The van der Waals surface area contributed by atoms with Gasteiger partial charge in [0.15, 0.2) is 5.96 Å². The topological polar surface area (TPSA) is 75.2 Å². The Morgan fingerprint density at radius 1 is 1.34 bits per heavy atom. The van der Waals surface area contributed by atoms with Gasteiger partial charge in [0.2, 0.25) is 0 Å². The van der Waals surface area contributed by atoms with Crippen LogP contribution in [0.1, 0.15) is 38.3 Å². The predicted molar refractivity (Wildman–Crippen MR) is 128 cm³/mol. The number of rotatable bonds is 5. The van der Waals surface area contributed by atoms with Gasteiger partial charge in [0.1, 0.15) is 11.4 Å². The number of ether oxygens (including phenoxy) is 2. The Morgan fingerprint density at radius 2 is 2.07 bits per heavy atom. The quantitative estimate of drug-likeness (QED) is 0.356. The van der Waals surface area contributed by atoms with Crippen LogP contribution >= 0.6 is 24.0 Å². The fraction of sp³-hybridized carbons (Fsp3) is 0.619. The number of benzene rings is 1. The van der Waals surface area contributed by atoms with E-state index in [4.69, 9.17) is 9.47 Å². The molecule has 0 aliphatic carbocycles. The lowest BCUT2D eigenvalue weighted by atomic mass is 10.1. The maximum Gasteiger partial charge on any atom is 0.407 e. The summed E-state index contributed by atoms with van der Waals surface area (Å²) in [6.45, 7) is 9.97. The first-order valence-corrected chi connectivity index (χ1v) is 9.80. The molecule has 7 nitrogen and oxygen atoms in total. The molecule has 164 valence electrons. The van der Waals surface area contributed by atoms with Crippen LogP contribution in [-0.4, -0.2) is 62.4 Å². The van der Waals surface area contributed by atoms with Crippen molar-refractivity contribution in [3.63, 3.8) is 0 Å².